The maximum Gasteiger partial charge on any atom is 0.163 e. The fraction of sp³-hybridized carbons (Fsp3) is 0.500. The van der Waals surface area contributed by atoms with E-state index in [-0.39, 0.29) is 11.3 Å². The highest BCUT2D eigenvalue weighted by Gasteiger charge is 2.43. The second-order valence-corrected chi connectivity index (χ2v) is 3.83. The van der Waals surface area contributed by atoms with E-state index >= 15 is 0 Å². The predicted octanol–water partition coefficient (Wildman–Crippen LogP) is 2.10. The number of allylic oxidation sites excluding steroid dienone is 4. The molecule has 1 heteroatoms. The Morgan fingerprint density at radius 3 is 3.00 bits per heavy atom. The van der Waals surface area contributed by atoms with Crippen molar-refractivity contribution in [3.05, 3.63) is 23.8 Å². The Morgan fingerprint density at radius 2 is 2.36 bits per heavy atom. The summed E-state index contributed by atoms with van der Waals surface area (Å²) in [5.74, 6) is 0.459. The third-order valence-electron chi connectivity index (χ3n) is 2.89. The molecule has 2 aliphatic carbocycles. The zero-order chi connectivity index (χ0) is 8.06. The molecule has 2 unspecified atom stereocenters. The second kappa shape index (κ2) is 1.84. The SMILES string of the molecule is CC1=CCC2(C)C=CC(=O)C12. The summed E-state index contributed by atoms with van der Waals surface area (Å²) in [5.41, 5.74) is 1.38. The van der Waals surface area contributed by atoms with Gasteiger partial charge in [0.25, 0.3) is 0 Å². The van der Waals surface area contributed by atoms with Gasteiger partial charge in [-0.1, -0.05) is 24.6 Å². The fourth-order valence-corrected chi connectivity index (χ4v) is 2.22. The minimum absolute atomic E-state index is 0.126. The lowest BCUT2D eigenvalue weighted by molar-refractivity contribution is -0.117. The molecule has 1 nitrogen and oxygen atoms in total. The Balaban J connectivity index is 2.43. The van der Waals surface area contributed by atoms with Crippen LogP contribution in [0, 0.1) is 11.3 Å². The van der Waals surface area contributed by atoms with Crippen molar-refractivity contribution in [2.45, 2.75) is 20.3 Å². The zero-order valence-electron chi connectivity index (χ0n) is 6.92. The van der Waals surface area contributed by atoms with Gasteiger partial charge in [0.15, 0.2) is 5.78 Å². The molecule has 0 aromatic rings. The average molecular weight is 148 g/mol. The van der Waals surface area contributed by atoms with Crippen LogP contribution in [0.15, 0.2) is 23.8 Å². The van der Waals surface area contributed by atoms with E-state index < -0.39 is 0 Å². The van der Waals surface area contributed by atoms with Gasteiger partial charge in [-0.25, -0.2) is 0 Å². The van der Waals surface area contributed by atoms with Crippen molar-refractivity contribution in [3.8, 4) is 0 Å². The summed E-state index contributed by atoms with van der Waals surface area (Å²) in [6, 6.07) is 0. The standard InChI is InChI=1S/C10H12O/c1-7-3-5-10(2)6-4-8(11)9(7)10/h3-4,6,9H,5H2,1-2H3. The largest absolute Gasteiger partial charge is 0.294 e. The van der Waals surface area contributed by atoms with Crippen molar-refractivity contribution in [3.63, 3.8) is 0 Å². The van der Waals surface area contributed by atoms with Crippen LogP contribution in [0.2, 0.25) is 0 Å². The van der Waals surface area contributed by atoms with Crippen molar-refractivity contribution in [2.24, 2.45) is 11.3 Å². The molecule has 0 aliphatic heterocycles. The van der Waals surface area contributed by atoms with Gasteiger partial charge in [-0.2, -0.15) is 0 Å². The van der Waals surface area contributed by atoms with Crippen molar-refractivity contribution < 1.29 is 4.79 Å². The summed E-state index contributed by atoms with van der Waals surface area (Å²) in [7, 11) is 0. The number of hydrogen-bond acceptors (Lipinski definition) is 1. The van der Waals surface area contributed by atoms with Gasteiger partial charge in [0.2, 0.25) is 0 Å². The Morgan fingerprint density at radius 1 is 1.64 bits per heavy atom. The van der Waals surface area contributed by atoms with Crippen LogP contribution in [0.3, 0.4) is 0 Å². The summed E-state index contributed by atoms with van der Waals surface area (Å²) in [4.78, 5) is 11.3. The second-order valence-electron chi connectivity index (χ2n) is 3.83. The molecule has 0 bridgehead atoms. The van der Waals surface area contributed by atoms with E-state index in [2.05, 4.69) is 26.0 Å². The van der Waals surface area contributed by atoms with E-state index in [0.717, 1.165) is 6.42 Å². The van der Waals surface area contributed by atoms with Gasteiger partial charge < -0.3 is 0 Å². The first kappa shape index (κ1) is 6.84. The van der Waals surface area contributed by atoms with E-state index in [9.17, 15) is 4.79 Å². The first-order chi connectivity index (χ1) is 5.13. The zero-order valence-corrected chi connectivity index (χ0v) is 6.92. The Bertz CT molecular complexity index is 271. The molecule has 11 heavy (non-hydrogen) atoms. The van der Waals surface area contributed by atoms with Gasteiger partial charge in [-0.05, 0) is 19.4 Å². The molecule has 0 radical (unpaired) electrons. The molecule has 2 atom stereocenters. The molecule has 2 aliphatic rings. The van der Waals surface area contributed by atoms with Crippen molar-refractivity contribution >= 4 is 5.78 Å². The van der Waals surface area contributed by atoms with E-state index in [1.807, 2.05) is 0 Å². The number of hydrogen-bond donors (Lipinski definition) is 0. The first-order valence-corrected chi connectivity index (χ1v) is 4.03. The minimum atomic E-state index is 0.126. The molecule has 0 amide bonds. The summed E-state index contributed by atoms with van der Waals surface area (Å²) in [6.07, 6.45) is 7.02. The van der Waals surface area contributed by atoms with Gasteiger partial charge in [0.05, 0.1) is 5.92 Å². The lowest BCUT2D eigenvalue weighted by Gasteiger charge is -2.22. The Kier molecular flexibility index (Phi) is 1.15. The number of rotatable bonds is 0. The monoisotopic (exact) mass is 148 g/mol. The van der Waals surface area contributed by atoms with Crippen LogP contribution in [0.4, 0.5) is 0 Å². The third-order valence-corrected chi connectivity index (χ3v) is 2.89. The van der Waals surface area contributed by atoms with E-state index in [1.165, 1.54) is 5.57 Å². The normalized spacial score (nSPS) is 41.1. The molecule has 0 saturated heterocycles. The maximum atomic E-state index is 11.3. The number of ketones is 1. The van der Waals surface area contributed by atoms with Gasteiger partial charge in [-0.3, -0.25) is 4.79 Å². The summed E-state index contributed by atoms with van der Waals surface area (Å²) < 4.78 is 0. The van der Waals surface area contributed by atoms with Gasteiger partial charge in [0.1, 0.15) is 0 Å². The van der Waals surface area contributed by atoms with Gasteiger partial charge in [0, 0.05) is 5.41 Å². The quantitative estimate of drug-likeness (QED) is 0.481. The predicted molar refractivity (Wildman–Crippen MR) is 44.1 cm³/mol. The van der Waals surface area contributed by atoms with Crippen LogP contribution >= 0.6 is 0 Å². The topological polar surface area (TPSA) is 17.1 Å². The third kappa shape index (κ3) is 0.740. The number of carbonyl (C=O) groups is 1. The smallest absolute Gasteiger partial charge is 0.163 e. The van der Waals surface area contributed by atoms with Crippen molar-refractivity contribution in [1.82, 2.24) is 0 Å². The number of fused-ring (bicyclic) bond motifs is 1. The summed E-state index contributed by atoms with van der Waals surface area (Å²) in [5, 5.41) is 0. The van der Waals surface area contributed by atoms with Gasteiger partial charge in [-0.15, -0.1) is 0 Å². The molecule has 0 N–H and O–H groups in total. The lowest BCUT2D eigenvalue weighted by Crippen LogP contribution is -2.21. The summed E-state index contributed by atoms with van der Waals surface area (Å²) >= 11 is 0. The maximum absolute atomic E-state index is 11.3. The van der Waals surface area contributed by atoms with Crippen LogP contribution in [0.1, 0.15) is 20.3 Å². The molecule has 58 valence electrons. The fourth-order valence-electron chi connectivity index (χ4n) is 2.22. The highest BCUT2D eigenvalue weighted by atomic mass is 16.1. The minimum Gasteiger partial charge on any atom is -0.294 e. The molecule has 0 fully saturated rings. The lowest BCUT2D eigenvalue weighted by atomic mass is 9.80. The van der Waals surface area contributed by atoms with E-state index in [1.54, 1.807) is 6.08 Å². The van der Waals surface area contributed by atoms with Gasteiger partial charge >= 0.3 is 0 Å². The van der Waals surface area contributed by atoms with Crippen LogP contribution in [0.25, 0.3) is 0 Å². The molecular formula is C10H12O. The molecule has 0 spiro atoms. The highest BCUT2D eigenvalue weighted by Crippen LogP contribution is 2.47. The van der Waals surface area contributed by atoms with Crippen molar-refractivity contribution in [2.75, 3.05) is 0 Å². The van der Waals surface area contributed by atoms with E-state index in [0.29, 0.717) is 5.78 Å². The van der Waals surface area contributed by atoms with Crippen LogP contribution in [-0.4, -0.2) is 5.78 Å². The molecule has 0 heterocycles. The summed E-state index contributed by atoms with van der Waals surface area (Å²) in [6.45, 7) is 4.22. The Labute approximate surface area is 66.8 Å². The van der Waals surface area contributed by atoms with E-state index in [4.69, 9.17) is 0 Å². The molecule has 2 rings (SSSR count). The van der Waals surface area contributed by atoms with Crippen LogP contribution in [0.5, 0.6) is 0 Å². The molecule has 0 aromatic carbocycles. The average Bonchev–Trinajstić information content (AvgIpc) is 2.38. The molecule has 0 saturated carbocycles. The number of carbonyl (C=O) groups excluding carboxylic acids is 1. The van der Waals surface area contributed by atoms with Crippen LogP contribution < -0.4 is 0 Å². The van der Waals surface area contributed by atoms with Crippen molar-refractivity contribution in [1.29, 1.82) is 0 Å². The highest BCUT2D eigenvalue weighted by molar-refractivity contribution is 5.97. The Hall–Kier alpha value is -0.850. The van der Waals surface area contributed by atoms with Crippen LogP contribution in [-0.2, 0) is 4.79 Å². The molecule has 0 aromatic heterocycles. The first-order valence-electron chi connectivity index (χ1n) is 4.03. The molecular weight excluding hydrogens is 136 g/mol.